The van der Waals surface area contributed by atoms with E-state index in [1.54, 1.807) is 0 Å². The number of hydrogen-bond acceptors (Lipinski definition) is 3. The van der Waals surface area contributed by atoms with E-state index in [1.165, 1.54) is 0 Å². The highest BCUT2D eigenvalue weighted by Gasteiger charge is 2.31. The molecular formula is C10H15F3N2O3. The first-order valence-corrected chi connectivity index (χ1v) is 5.57. The number of amides is 1. The summed E-state index contributed by atoms with van der Waals surface area (Å²) < 4.78 is 35.4. The summed E-state index contributed by atoms with van der Waals surface area (Å²) in [6, 6.07) is -0.258. The van der Waals surface area contributed by atoms with Crippen LogP contribution in [0.1, 0.15) is 19.3 Å². The number of carboxylic acid groups (broad SMARTS) is 1. The van der Waals surface area contributed by atoms with E-state index in [4.69, 9.17) is 5.11 Å². The lowest BCUT2D eigenvalue weighted by atomic mass is 10.1. The van der Waals surface area contributed by atoms with Crippen molar-refractivity contribution in [3.8, 4) is 0 Å². The number of carboxylic acids is 1. The molecule has 2 atom stereocenters. The van der Waals surface area contributed by atoms with Crippen molar-refractivity contribution >= 4 is 11.9 Å². The van der Waals surface area contributed by atoms with Gasteiger partial charge in [-0.15, -0.1) is 0 Å². The van der Waals surface area contributed by atoms with Gasteiger partial charge in [0.05, 0.1) is 19.0 Å². The SMILES string of the molecule is O=C(CNCC(F)(F)F)N[C@H]1CC[C@@H](C(=O)O)C1. The molecule has 18 heavy (non-hydrogen) atoms. The second kappa shape index (κ2) is 6.03. The molecule has 0 aromatic carbocycles. The van der Waals surface area contributed by atoms with Gasteiger partial charge in [0, 0.05) is 6.04 Å². The first kappa shape index (κ1) is 14.7. The molecule has 0 radical (unpaired) electrons. The predicted octanol–water partition coefficient (Wildman–Crippen LogP) is 0.508. The Morgan fingerprint density at radius 2 is 1.94 bits per heavy atom. The molecule has 8 heteroatoms. The molecule has 1 saturated carbocycles. The second-order valence-corrected chi connectivity index (χ2v) is 4.33. The average Bonchev–Trinajstić information content (AvgIpc) is 2.64. The Labute approximate surface area is 102 Å². The fraction of sp³-hybridized carbons (Fsp3) is 0.800. The highest BCUT2D eigenvalue weighted by atomic mass is 19.4. The molecule has 0 saturated heterocycles. The van der Waals surface area contributed by atoms with Crippen molar-refractivity contribution in [2.45, 2.75) is 31.5 Å². The van der Waals surface area contributed by atoms with Gasteiger partial charge in [-0.3, -0.25) is 9.59 Å². The highest BCUT2D eigenvalue weighted by Crippen LogP contribution is 2.25. The van der Waals surface area contributed by atoms with E-state index in [0.717, 1.165) is 0 Å². The third kappa shape index (κ3) is 5.35. The van der Waals surface area contributed by atoms with E-state index >= 15 is 0 Å². The normalized spacial score (nSPS) is 23.9. The Hall–Kier alpha value is -1.31. The maximum atomic E-state index is 11.8. The van der Waals surface area contributed by atoms with Gasteiger partial charge >= 0.3 is 12.1 Å². The Morgan fingerprint density at radius 1 is 1.28 bits per heavy atom. The van der Waals surface area contributed by atoms with Gasteiger partial charge in [0.2, 0.25) is 5.91 Å². The number of aliphatic carboxylic acids is 1. The summed E-state index contributed by atoms with van der Waals surface area (Å²) in [5, 5.41) is 13.2. The van der Waals surface area contributed by atoms with Gasteiger partial charge in [0.25, 0.3) is 0 Å². The van der Waals surface area contributed by atoms with E-state index in [0.29, 0.717) is 19.3 Å². The van der Waals surface area contributed by atoms with Crippen LogP contribution in [0.3, 0.4) is 0 Å². The minimum Gasteiger partial charge on any atom is -0.481 e. The quantitative estimate of drug-likeness (QED) is 0.679. The van der Waals surface area contributed by atoms with Gasteiger partial charge in [-0.1, -0.05) is 0 Å². The molecule has 0 aliphatic heterocycles. The molecule has 1 fully saturated rings. The zero-order valence-electron chi connectivity index (χ0n) is 9.59. The maximum absolute atomic E-state index is 11.8. The molecule has 1 aliphatic rings. The Bertz CT molecular complexity index is 320. The summed E-state index contributed by atoms with van der Waals surface area (Å²) in [6.07, 6.45) is -2.99. The molecule has 5 nitrogen and oxygen atoms in total. The van der Waals surface area contributed by atoms with Gasteiger partial charge in [-0.25, -0.2) is 0 Å². The van der Waals surface area contributed by atoms with Gasteiger partial charge < -0.3 is 15.7 Å². The molecule has 0 heterocycles. The fourth-order valence-corrected chi connectivity index (χ4v) is 1.93. The zero-order chi connectivity index (χ0) is 13.8. The van der Waals surface area contributed by atoms with Gasteiger partial charge in [0.15, 0.2) is 0 Å². The van der Waals surface area contributed by atoms with E-state index in [9.17, 15) is 22.8 Å². The standard InChI is InChI=1S/C10H15F3N2O3/c11-10(12,13)5-14-4-8(16)15-7-2-1-6(3-7)9(17)18/h6-7,14H,1-5H2,(H,15,16)(H,17,18)/t6-,7+/m1/s1. The summed E-state index contributed by atoms with van der Waals surface area (Å²) >= 11 is 0. The first-order chi connectivity index (χ1) is 8.28. The van der Waals surface area contributed by atoms with Gasteiger partial charge in [0.1, 0.15) is 0 Å². The topological polar surface area (TPSA) is 78.4 Å². The number of nitrogens with one attached hydrogen (secondary N) is 2. The summed E-state index contributed by atoms with van der Waals surface area (Å²) in [7, 11) is 0. The van der Waals surface area contributed by atoms with Crippen LogP contribution in [0.4, 0.5) is 13.2 Å². The number of alkyl halides is 3. The summed E-state index contributed by atoms with van der Waals surface area (Å²) in [4.78, 5) is 21.9. The van der Waals surface area contributed by atoms with Crippen molar-refractivity contribution < 1.29 is 27.9 Å². The molecule has 0 aromatic heterocycles. The molecule has 104 valence electrons. The van der Waals surface area contributed by atoms with Crippen LogP contribution in [0.5, 0.6) is 0 Å². The summed E-state index contributed by atoms with van der Waals surface area (Å²) in [6.45, 7) is -1.64. The lowest BCUT2D eigenvalue weighted by molar-refractivity contribution is -0.141. The third-order valence-electron chi connectivity index (χ3n) is 2.76. The summed E-state index contributed by atoms with van der Waals surface area (Å²) in [5.74, 6) is -1.92. The zero-order valence-corrected chi connectivity index (χ0v) is 9.59. The van der Waals surface area contributed by atoms with Crippen molar-refractivity contribution in [2.75, 3.05) is 13.1 Å². The number of rotatable bonds is 5. The molecular weight excluding hydrogens is 253 g/mol. The van der Waals surface area contributed by atoms with Crippen LogP contribution in [0.25, 0.3) is 0 Å². The van der Waals surface area contributed by atoms with Crippen molar-refractivity contribution in [2.24, 2.45) is 5.92 Å². The second-order valence-electron chi connectivity index (χ2n) is 4.33. The van der Waals surface area contributed by atoms with Crippen LogP contribution in [-0.2, 0) is 9.59 Å². The van der Waals surface area contributed by atoms with Crippen LogP contribution in [0.15, 0.2) is 0 Å². The number of carbonyl (C=O) groups excluding carboxylic acids is 1. The van der Waals surface area contributed by atoms with Crippen molar-refractivity contribution in [3.05, 3.63) is 0 Å². The predicted molar refractivity (Wildman–Crippen MR) is 55.8 cm³/mol. The Morgan fingerprint density at radius 3 is 2.44 bits per heavy atom. The van der Waals surface area contributed by atoms with Crippen molar-refractivity contribution in [1.82, 2.24) is 10.6 Å². The first-order valence-electron chi connectivity index (χ1n) is 5.57. The third-order valence-corrected chi connectivity index (χ3v) is 2.76. The molecule has 1 amide bonds. The van der Waals surface area contributed by atoms with Crippen LogP contribution in [0.2, 0.25) is 0 Å². The molecule has 3 N–H and O–H groups in total. The minimum atomic E-state index is -4.35. The van der Waals surface area contributed by atoms with Crippen LogP contribution >= 0.6 is 0 Å². The van der Waals surface area contributed by atoms with Crippen LogP contribution < -0.4 is 10.6 Å². The average molecular weight is 268 g/mol. The van der Waals surface area contributed by atoms with E-state index in [-0.39, 0.29) is 6.04 Å². The van der Waals surface area contributed by atoms with E-state index in [2.05, 4.69) is 5.32 Å². The summed E-state index contributed by atoms with van der Waals surface area (Å²) in [5.41, 5.74) is 0. The number of halogens is 3. The van der Waals surface area contributed by atoms with Crippen LogP contribution in [-0.4, -0.2) is 42.3 Å². The molecule has 1 rings (SSSR count). The molecule has 0 spiro atoms. The largest absolute Gasteiger partial charge is 0.481 e. The molecule has 0 unspecified atom stereocenters. The Kier molecular flexibility index (Phi) is 4.94. The smallest absolute Gasteiger partial charge is 0.401 e. The lowest BCUT2D eigenvalue weighted by Crippen LogP contribution is -2.41. The van der Waals surface area contributed by atoms with Crippen LogP contribution in [0, 0.1) is 5.92 Å². The lowest BCUT2D eigenvalue weighted by Gasteiger charge is -2.13. The monoisotopic (exact) mass is 268 g/mol. The van der Waals surface area contributed by atoms with Gasteiger partial charge in [-0.2, -0.15) is 13.2 Å². The molecule has 0 aromatic rings. The fourth-order valence-electron chi connectivity index (χ4n) is 1.93. The molecule has 1 aliphatic carbocycles. The van der Waals surface area contributed by atoms with E-state index < -0.39 is 37.1 Å². The highest BCUT2D eigenvalue weighted by molar-refractivity contribution is 5.78. The molecule has 0 bridgehead atoms. The minimum absolute atomic E-state index is 0.258. The maximum Gasteiger partial charge on any atom is 0.401 e. The van der Waals surface area contributed by atoms with Crippen molar-refractivity contribution in [3.63, 3.8) is 0 Å². The number of carbonyl (C=O) groups is 2. The van der Waals surface area contributed by atoms with E-state index in [1.807, 2.05) is 5.32 Å². The Balaban J connectivity index is 2.20. The van der Waals surface area contributed by atoms with Gasteiger partial charge in [-0.05, 0) is 19.3 Å². The van der Waals surface area contributed by atoms with Crippen molar-refractivity contribution in [1.29, 1.82) is 0 Å². The number of hydrogen-bond donors (Lipinski definition) is 3.